The Morgan fingerprint density at radius 2 is 1.78 bits per heavy atom. The van der Waals surface area contributed by atoms with Gasteiger partial charge in [0.05, 0.1) is 6.61 Å². The van der Waals surface area contributed by atoms with Crippen molar-refractivity contribution in [3.63, 3.8) is 0 Å². The predicted octanol–water partition coefficient (Wildman–Crippen LogP) is 4.62. The van der Waals surface area contributed by atoms with Crippen LogP contribution in [0.25, 0.3) is 0 Å². The van der Waals surface area contributed by atoms with Crippen molar-refractivity contribution < 1.29 is 14.3 Å². The number of hydrogen-bond acceptors (Lipinski definition) is 2. The van der Waals surface area contributed by atoms with Crippen LogP contribution >= 0.6 is 0 Å². The van der Waals surface area contributed by atoms with E-state index >= 15 is 0 Å². The quantitative estimate of drug-likeness (QED) is 0.704. The number of rotatable bonds is 8. The van der Waals surface area contributed by atoms with E-state index in [2.05, 4.69) is 46.0 Å². The second-order valence-corrected chi connectivity index (χ2v) is 12.3. The summed E-state index contributed by atoms with van der Waals surface area (Å²) in [6.45, 7) is 12.4. The summed E-state index contributed by atoms with van der Waals surface area (Å²) in [5, 5.41) is 9.49. The second-order valence-electron chi connectivity index (χ2n) is 7.47. The van der Waals surface area contributed by atoms with Crippen molar-refractivity contribution in [1.29, 1.82) is 0 Å². The van der Waals surface area contributed by atoms with Crippen molar-refractivity contribution >= 4 is 14.4 Å². The summed E-state index contributed by atoms with van der Waals surface area (Å²) in [6, 6.07) is 10.2. The lowest BCUT2D eigenvalue weighted by Crippen LogP contribution is -2.43. The van der Waals surface area contributed by atoms with Gasteiger partial charge >= 0.3 is 6.09 Å². The lowest BCUT2D eigenvalue weighted by Gasteiger charge is -2.36. The first-order valence-electron chi connectivity index (χ1n) is 8.29. The first-order chi connectivity index (χ1) is 10.6. The maximum atomic E-state index is 11.4. The normalized spacial score (nSPS) is 12.2. The molecule has 1 rings (SSSR count). The van der Waals surface area contributed by atoms with Crippen molar-refractivity contribution in [2.24, 2.45) is 0 Å². The molecule has 0 bridgehead atoms. The minimum Gasteiger partial charge on any atom is -0.465 e. The van der Waals surface area contributed by atoms with Crippen LogP contribution in [0.4, 0.5) is 4.79 Å². The maximum absolute atomic E-state index is 11.4. The Hall–Kier alpha value is -1.33. The highest BCUT2D eigenvalue weighted by atomic mass is 28.4. The van der Waals surface area contributed by atoms with Gasteiger partial charge < -0.3 is 14.4 Å². The maximum Gasteiger partial charge on any atom is 0.407 e. The molecule has 5 heteroatoms. The topological polar surface area (TPSA) is 49.8 Å². The number of nitrogens with zero attached hydrogens (tertiary/aromatic N) is 1. The third-order valence-corrected chi connectivity index (χ3v) is 9.18. The van der Waals surface area contributed by atoms with Crippen LogP contribution in [0.1, 0.15) is 32.8 Å². The van der Waals surface area contributed by atoms with Gasteiger partial charge in [-0.25, -0.2) is 4.79 Å². The van der Waals surface area contributed by atoms with Gasteiger partial charge in [0.15, 0.2) is 8.32 Å². The molecule has 0 saturated carbocycles. The van der Waals surface area contributed by atoms with E-state index in [1.54, 1.807) is 0 Å². The van der Waals surface area contributed by atoms with Gasteiger partial charge in [-0.05, 0) is 36.5 Å². The third-order valence-electron chi connectivity index (χ3n) is 4.64. The monoisotopic (exact) mass is 337 g/mol. The Morgan fingerprint density at radius 3 is 2.30 bits per heavy atom. The van der Waals surface area contributed by atoms with Crippen molar-refractivity contribution in [3.8, 4) is 0 Å². The highest BCUT2D eigenvalue weighted by Crippen LogP contribution is 2.36. The molecule has 0 unspecified atom stereocenters. The highest BCUT2D eigenvalue weighted by Gasteiger charge is 2.37. The Bertz CT molecular complexity index is 483. The molecular formula is C18H31NO3Si. The Morgan fingerprint density at radius 1 is 1.17 bits per heavy atom. The molecule has 130 valence electrons. The number of benzene rings is 1. The Balaban J connectivity index is 2.39. The molecule has 0 aromatic heterocycles. The molecule has 1 amide bonds. The molecule has 23 heavy (non-hydrogen) atoms. The summed E-state index contributed by atoms with van der Waals surface area (Å²) in [6.07, 6.45) is 0.862. The van der Waals surface area contributed by atoms with E-state index in [4.69, 9.17) is 4.43 Å². The zero-order valence-electron chi connectivity index (χ0n) is 15.1. The van der Waals surface area contributed by atoms with Gasteiger partial charge in [0.2, 0.25) is 0 Å². The average Bonchev–Trinajstić information content (AvgIpc) is 2.45. The molecule has 0 heterocycles. The third kappa shape index (κ3) is 6.75. The van der Waals surface area contributed by atoms with Crippen molar-refractivity contribution in [1.82, 2.24) is 4.90 Å². The molecule has 0 aliphatic rings. The van der Waals surface area contributed by atoms with Crippen LogP contribution in [0.5, 0.6) is 0 Å². The first kappa shape index (κ1) is 19.7. The fraction of sp³-hybridized carbons (Fsp3) is 0.611. The summed E-state index contributed by atoms with van der Waals surface area (Å²) >= 11 is 0. The minimum atomic E-state index is -1.81. The molecule has 0 radical (unpaired) electrons. The van der Waals surface area contributed by atoms with E-state index in [0.717, 1.165) is 12.8 Å². The van der Waals surface area contributed by atoms with E-state index in [9.17, 15) is 9.90 Å². The summed E-state index contributed by atoms with van der Waals surface area (Å²) in [5.74, 6) is 0. The van der Waals surface area contributed by atoms with Crippen molar-refractivity contribution in [3.05, 3.63) is 35.9 Å². The lowest BCUT2D eigenvalue weighted by molar-refractivity contribution is 0.132. The van der Waals surface area contributed by atoms with Crippen molar-refractivity contribution in [2.45, 2.75) is 51.7 Å². The molecule has 1 N–H and O–H groups in total. The molecule has 0 saturated heterocycles. The Kier molecular flexibility index (Phi) is 7.29. The largest absolute Gasteiger partial charge is 0.465 e. The van der Waals surface area contributed by atoms with E-state index in [0.29, 0.717) is 19.7 Å². The molecule has 1 aromatic carbocycles. The highest BCUT2D eigenvalue weighted by molar-refractivity contribution is 6.74. The van der Waals surface area contributed by atoms with Gasteiger partial charge in [0.1, 0.15) is 0 Å². The smallest absolute Gasteiger partial charge is 0.407 e. The fourth-order valence-corrected chi connectivity index (χ4v) is 3.08. The zero-order valence-corrected chi connectivity index (χ0v) is 16.1. The van der Waals surface area contributed by atoms with E-state index in [1.807, 2.05) is 18.2 Å². The number of aryl methyl sites for hydroxylation is 1. The van der Waals surface area contributed by atoms with E-state index in [-0.39, 0.29) is 5.04 Å². The number of amides is 1. The summed E-state index contributed by atoms with van der Waals surface area (Å²) in [4.78, 5) is 12.8. The van der Waals surface area contributed by atoms with Crippen molar-refractivity contribution in [2.75, 3.05) is 19.7 Å². The summed E-state index contributed by atoms with van der Waals surface area (Å²) in [5.41, 5.74) is 1.25. The number of hydrogen-bond donors (Lipinski definition) is 1. The lowest BCUT2D eigenvalue weighted by atomic mass is 10.1. The van der Waals surface area contributed by atoms with Gasteiger partial charge in [-0.15, -0.1) is 0 Å². The van der Waals surface area contributed by atoms with Crippen LogP contribution in [-0.2, 0) is 10.8 Å². The number of carboxylic acid groups (broad SMARTS) is 1. The Labute approximate surface area is 141 Å². The van der Waals surface area contributed by atoms with E-state index in [1.165, 1.54) is 10.5 Å². The van der Waals surface area contributed by atoms with Crippen LogP contribution in [0.15, 0.2) is 30.3 Å². The average molecular weight is 338 g/mol. The van der Waals surface area contributed by atoms with Crippen LogP contribution in [-0.4, -0.2) is 44.1 Å². The predicted molar refractivity (Wildman–Crippen MR) is 97.5 cm³/mol. The standard InChI is InChI=1S/C18H31NO3Si/c1-18(2,3)23(4,5)22-15-14-19(17(20)21)13-9-12-16-10-7-6-8-11-16/h6-8,10-11H,9,12-15H2,1-5H3,(H,20,21). The van der Waals surface area contributed by atoms with Crippen LogP contribution in [0.2, 0.25) is 18.1 Å². The van der Waals surface area contributed by atoms with Crippen LogP contribution in [0.3, 0.4) is 0 Å². The van der Waals surface area contributed by atoms with Crippen LogP contribution in [0, 0.1) is 0 Å². The molecule has 0 aliphatic carbocycles. The molecule has 0 fully saturated rings. The minimum absolute atomic E-state index is 0.147. The van der Waals surface area contributed by atoms with Crippen LogP contribution < -0.4 is 0 Å². The van der Waals surface area contributed by atoms with Gasteiger partial charge in [-0.1, -0.05) is 51.1 Å². The summed E-state index contributed by atoms with van der Waals surface area (Å²) < 4.78 is 6.07. The zero-order chi connectivity index (χ0) is 17.5. The summed E-state index contributed by atoms with van der Waals surface area (Å²) in [7, 11) is -1.81. The first-order valence-corrected chi connectivity index (χ1v) is 11.2. The number of carbonyl (C=O) groups is 1. The molecule has 0 atom stereocenters. The van der Waals surface area contributed by atoms with Gasteiger partial charge in [0, 0.05) is 13.1 Å². The molecule has 1 aromatic rings. The second kappa shape index (κ2) is 8.50. The fourth-order valence-electron chi connectivity index (χ4n) is 2.05. The van der Waals surface area contributed by atoms with Gasteiger partial charge in [-0.3, -0.25) is 0 Å². The van der Waals surface area contributed by atoms with Gasteiger partial charge in [-0.2, -0.15) is 0 Å². The van der Waals surface area contributed by atoms with Gasteiger partial charge in [0.25, 0.3) is 0 Å². The molecule has 4 nitrogen and oxygen atoms in total. The molecule has 0 aliphatic heterocycles. The SMILES string of the molecule is CC(C)(C)[Si](C)(C)OCCN(CCCc1ccccc1)C(=O)O. The molecule has 0 spiro atoms. The molecular weight excluding hydrogens is 306 g/mol. The van der Waals surface area contributed by atoms with E-state index < -0.39 is 14.4 Å².